The zero-order chi connectivity index (χ0) is 15.0. The first-order valence-corrected chi connectivity index (χ1v) is 7.84. The SMILES string of the molecule is CN(C)Cc1cccc(NC(=O)C2C3CCC(C3)C2N)c1.Cl.Cl. The summed E-state index contributed by atoms with van der Waals surface area (Å²) >= 11 is 0. The van der Waals surface area contributed by atoms with E-state index in [-0.39, 0.29) is 42.7 Å². The van der Waals surface area contributed by atoms with Crippen LogP contribution >= 0.6 is 24.8 Å². The molecule has 6 heteroatoms. The first kappa shape index (κ1) is 20.2. The molecular weight excluding hydrogens is 333 g/mol. The first-order valence-electron chi connectivity index (χ1n) is 7.84. The predicted molar refractivity (Wildman–Crippen MR) is 99.3 cm³/mol. The number of fused-ring (bicyclic) bond motifs is 2. The number of hydrogen-bond acceptors (Lipinski definition) is 3. The van der Waals surface area contributed by atoms with Crippen molar-refractivity contribution in [1.29, 1.82) is 0 Å². The Bertz CT molecular complexity index is 536. The summed E-state index contributed by atoms with van der Waals surface area (Å²) in [5, 5.41) is 3.08. The van der Waals surface area contributed by atoms with Gasteiger partial charge in [0.25, 0.3) is 0 Å². The topological polar surface area (TPSA) is 58.4 Å². The summed E-state index contributed by atoms with van der Waals surface area (Å²) in [6.45, 7) is 0.872. The molecule has 4 atom stereocenters. The Morgan fingerprint density at radius 1 is 1.26 bits per heavy atom. The number of nitrogens with zero attached hydrogens (tertiary/aromatic N) is 1. The third-order valence-corrected chi connectivity index (χ3v) is 4.98. The van der Waals surface area contributed by atoms with Crippen molar-refractivity contribution in [3.8, 4) is 0 Å². The molecule has 0 radical (unpaired) electrons. The van der Waals surface area contributed by atoms with Crippen LogP contribution in [-0.2, 0) is 11.3 Å². The fraction of sp³-hybridized carbons (Fsp3) is 0.588. The Labute approximate surface area is 151 Å². The van der Waals surface area contributed by atoms with Gasteiger partial charge in [0.2, 0.25) is 5.91 Å². The Morgan fingerprint density at radius 3 is 2.57 bits per heavy atom. The minimum Gasteiger partial charge on any atom is -0.327 e. The number of carbonyl (C=O) groups is 1. The molecule has 1 aromatic rings. The molecular formula is C17H27Cl2N3O. The van der Waals surface area contributed by atoms with E-state index < -0.39 is 0 Å². The maximum absolute atomic E-state index is 12.5. The van der Waals surface area contributed by atoms with Crippen molar-refractivity contribution < 1.29 is 4.79 Å². The van der Waals surface area contributed by atoms with Gasteiger partial charge in [-0.2, -0.15) is 0 Å². The molecule has 0 saturated heterocycles. The van der Waals surface area contributed by atoms with Crippen molar-refractivity contribution >= 4 is 36.4 Å². The standard InChI is InChI=1S/C17H25N3O.2ClH/c1-20(2)10-11-4-3-5-14(8-11)19-17(21)15-12-6-7-13(9-12)16(15)18;;/h3-5,8,12-13,15-16H,6-7,9-10,18H2,1-2H3,(H,19,21);2*1H. The normalized spacial score (nSPS) is 28.2. The van der Waals surface area contributed by atoms with Crippen LogP contribution in [-0.4, -0.2) is 30.9 Å². The number of rotatable bonds is 4. The average Bonchev–Trinajstić information content (AvgIpc) is 2.98. The van der Waals surface area contributed by atoms with Gasteiger partial charge in [-0.15, -0.1) is 24.8 Å². The van der Waals surface area contributed by atoms with Crippen molar-refractivity contribution in [2.75, 3.05) is 19.4 Å². The van der Waals surface area contributed by atoms with Gasteiger partial charge in [0, 0.05) is 18.3 Å². The monoisotopic (exact) mass is 359 g/mol. The second kappa shape index (κ2) is 8.34. The van der Waals surface area contributed by atoms with Gasteiger partial charge in [-0.1, -0.05) is 12.1 Å². The van der Waals surface area contributed by atoms with Crippen LogP contribution in [0.5, 0.6) is 0 Å². The molecule has 0 spiro atoms. The fourth-order valence-corrected chi connectivity index (χ4v) is 4.06. The number of nitrogens with one attached hydrogen (secondary N) is 1. The number of carbonyl (C=O) groups excluding carboxylic acids is 1. The minimum atomic E-state index is 0. The van der Waals surface area contributed by atoms with E-state index in [2.05, 4.69) is 22.3 Å². The zero-order valence-corrected chi connectivity index (χ0v) is 15.3. The van der Waals surface area contributed by atoms with Crippen molar-refractivity contribution in [1.82, 2.24) is 4.90 Å². The maximum Gasteiger partial charge on any atom is 0.229 e. The van der Waals surface area contributed by atoms with Crippen molar-refractivity contribution in [2.24, 2.45) is 23.5 Å². The smallest absolute Gasteiger partial charge is 0.229 e. The molecule has 2 aliphatic rings. The summed E-state index contributed by atoms with van der Waals surface area (Å²) < 4.78 is 0. The van der Waals surface area contributed by atoms with Crippen LogP contribution in [0.1, 0.15) is 24.8 Å². The number of amides is 1. The highest BCUT2D eigenvalue weighted by Crippen LogP contribution is 2.47. The molecule has 1 amide bonds. The third-order valence-electron chi connectivity index (χ3n) is 4.98. The van der Waals surface area contributed by atoms with Gasteiger partial charge in [-0.05, 0) is 62.9 Å². The lowest BCUT2D eigenvalue weighted by Crippen LogP contribution is -2.42. The molecule has 23 heavy (non-hydrogen) atoms. The zero-order valence-electron chi connectivity index (χ0n) is 13.7. The minimum absolute atomic E-state index is 0. The highest BCUT2D eigenvalue weighted by Gasteiger charge is 2.49. The lowest BCUT2D eigenvalue weighted by Gasteiger charge is -2.27. The number of nitrogens with two attached hydrogens (primary N) is 1. The van der Waals surface area contributed by atoms with E-state index in [4.69, 9.17) is 5.73 Å². The summed E-state index contributed by atoms with van der Waals surface area (Å²) in [5.74, 6) is 1.17. The quantitative estimate of drug-likeness (QED) is 0.868. The largest absolute Gasteiger partial charge is 0.327 e. The lowest BCUT2D eigenvalue weighted by atomic mass is 9.84. The van der Waals surface area contributed by atoms with Crippen molar-refractivity contribution in [2.45, 2.75) is 31.8 Å². The molecule has 3 N–H and O–H groups in total. The molecule has 4 nitrogen and oxygen atoms in total. The van der Waals surface area contributed by atoms with E-state index in [0.717, 1.165) is 25.1 Å². The number of benzene rings is 1. The highest BCUT2D eigenvalue weighted by molar-refractivity contribution is 5.93. The van der Waals surface area contributed by atoms with Crippen LogP contribution < -0.4 is 11.1 Å². The van der Waals surface area contributed by atoms with Crippen LogP contribution in [0.4, 0.5) is 5.69 Å². The van der Waals surface area contributed by atoms with Crippen molar-refractivity contribution in [3.05, 3.63) is 29.8 Å². The Morgan fingerprint density at radius 2 is 1.96 bits per heavy atom. The van der Waals surface area contributed by atoms with Gasteiger partial charge in [-0.25, -0.2) is 0 Å². The second-order valence-electron chi connectivity index (χ2n) is 6.86. The van der Waals surface area contributed by atoms with Gasteiger partial charge in [0.15, 0.2) is 0 Å². The fourth-order valence-electron chi connectivity index (χ4n) is 4.06. The van der Waals surface area contributed by atoms with Gasteiger partial charge in [0.1, 0.15) is 0 Å². The van der Waals surface area contributed by atoms with E-state index in [9.17, 15) is 4.79 Å². The molecule has 0 aromatic heterocycles. The summed E-state index contributed by atoms with van der Waals surface area (Å²) in [7, 11) is 4.08. The molecule has 2 bridgehead atoms. The number of anilines is 1. The van der Waals surface area contributed by atoms with Gasteiger partial charge < -0.3 is 16.0 Å². The van der Waals surface area contributed by atoms with Gasteiger partial charge in [-0.3, -0.25) is 4.79 Å². The highest BCUT2D eigenvalue weighted by atomic mass is 35.5. The van der Waals surface area contributed by atoms with E-state index in [1.54, 1.807) is 0 Å². The predicted octanol–water partition coefficient (Wildman–Crippen LogP) is 2.90. The summed E-state index contributed by atoms with van der Waals surface area (Å²) in [5.41, 5.74) is 8.33. The van der Waals surface area contributed by atoms with Crippen LogP contribution in [0, 0.1) is 17.8 Å². The Hall–Kier alpha value is -0.810. The Balaban J connectivity index is 0.00000132. The van der Waals surface area contributed by atoms with E-state index in [1.165, 1.54) is 12.0 Å². The van der Waals surface area contributed by atoms with Crippen LogP contribution in [0.15, 0.2) is 24.3 Å². The van der Waals surface area contributed by atoms with E-state index >= 15 is 0 Å². The molecule has 2 saturated carbocycles. The first-order chi connectivity index (χ1) is 10.0. The summed E-state index contributed by atoms with van der Waals surface area (Å²) in [6, 6.07) is 8.13. The molecule has 2 fully saturated rings. The van der Waals surface area contributed by atoms with E-state index in [1.807, 2.05) is 26.2 Å². The lowest BCUT2D eigenvalue weighted by molar-refractivity contribution is -0.121. The van der Waals surface area contributed by atoms with E-state index in [0.29, 0.717) is 11.8 Å². The molecule has 4 unspecified atom stereocenters. The van der Waals surface area contributed by atoms with Crippen molar-refractivity contribution in [3.63, 3.8) is 0 Å². The van der Waals surface area contributed by atoms with Crippen LogP contribution in [0.3, 0.4) is 0 Å². The second-order valence-corrected chi connectivity index (χ2v) is 6.86. The Kier molecular flexibility index (Phi) is 7.33. The van der Waals surface area contributed by atoms with Crippen LogP contribution in [0.25, 0.3) is 0 Å². The molecule has 1 aromatic carbocycles. The average molecular weight is 360 g/mol. The summed E-state index contributed by atoms with van der Waals surface area (Å²) in [4.78, 5) is 14.7. The molecule has 2 aliphatic carbocycles. The number of halogens is 2. The van der Waals surface area contributed by atoms with Gasteiger partial charge >= 0.3 is 0 Å². The summed E-state index contributed by atoms with van der Waals surface area (Å²) in [6.07, 6.45) is 3.50. The van der Waals surface area contributed by atoms with Gasteiger partial charge in [0.05, 0.1) is 5.92 Å². The molecule has 3 rings (SSSR count). The number of hydrogen-bond donors (Lipinski definition) is 2. The molecule has 130 valence electrons. The third kappa shape index (κ3) is 4.38. The maximum atomic E-state index is 12.5. The molecule has 0 aliphatic heterocycles. The van der Waals surface area contributed by atoms with Crippen LogP contribution in [0.2, 0.25) is 0 Å². The molecule has 0 heterocycles.